The molecule has 0 unspecified atom stereocenters. The maximum Gasteiger partial charge on any atom is 0.348 e. The van der Waals surface area contributed by atoms with Crippen molar-refractivity contribution in [2.45, 2.75) is 18.9 Å². The van der Waals surface area contributed by atoms with E-state index < -0.39 is 23.6 Å². The molecule has 1 aliphatic rings. The maximum absolute atomic E-state index is 12.8. The van der Waals surface area contributed by atoms with Gasteiger partial charge in [0.2, 0.25) is 6.10 Å². The smallest absolute Gasteiger partial charge is 0.348 e. The lowest BCUT2D eigenvalue weighted by Gasteiger charge is -2.18. The maximum atomic E-state index is 12.8. The van der Waals surface area contributed by atoms with E-state index in [0.717, 1.165) is 0 Å². The van der Waals surface area contributed by atoms with E-state index in [-0.39, 0.29) is 6.61 Å². The molecule has 0 fully saturated rings. The highest BCUT2D eigenvalue weighted by molar-refractivity contribution is 5.88. The molecule has 3 aromatic rings. The van der Waals surface area contributed by atoms with Gasteiger partial charge in [0.25, 0.3) is 0 Å². The van der Waals surface area contributed by atoms with Gasteiger partial charge in [0.05, 0.1) is 30.6 Å². The Morgan fingerprint density at radius 2 is 1.96 bits per heavy atom. The molecule has 2 atom stereocenters. The zero-order chi connectivity index (χ0) is 19.0. The number of ether oxygens (including phenoxy) is 3. The number of rotatable bonds is 4. The Balaban J connectivity index is 1.95. The van der Waals surface area contributed by atoms with Crippen molar-refractivity contribution in [2.24, 2.45) is 0 Å². The number of fused-ring (bicyclic) bond motifs is 3. The number of carbonyl (C=O) groups is 1. The number of carbonyl (C=O) groups excluding carboxylic acids is 1. The first-order valence-corrected chi connectivity index (χ1v) is 8.67. The van der Waals surface area contributed by atoms with Crippen LogP contribution in [0.1, 0.15) is 24.0 Å². The van der Waals surface area contributed by atoms with Gasteiger partial charge in [-0.15, -0.1) is 0 Å². The van der Waals surface area contributed by atoms with Crippen molar-refractivity contribution in [3.63, 3.8) is 0 Å². The van der Waals surface area contributed by atoms with Crippen molar-refractivity contribution in [1.82, 2.24) is 0 Å². The van der Waals surface area contributed by atoms with Gasteiger partial charge in [-0.05, 0) is 36.8 Å². The van der Waals surface area contributed by atoms with Gasteiger partial charge >= 0.3 is 11.6 Å². The molecule has 0 saturated carbocycles. The van der Waals surface area contributed by atoms with E-state index in [1.165, 1.54) is 0 Å². The second-order valence-corrected chi connectivity index (χ2v) is 6.17. The summed E-state index contributed by atoms with van der Waals surface area (Å²) in [4.78, 5) is 25.3. The second kappa shape index (κ2) is 6.79. The third-order valence-corrected chi connectivity index (χ3v) is 4.63. The van der Waals surface area contributed by atoms with Gasteiger partial charge in [0, 0.05) is 0 Å². The predicted octanol–water partition coefficient (Wildman–Crippen LogP) is 3.26. The van der Waals surface area contributed by atoms with Crippen LogP contribution in [-0.2, 0) is 9.53 Å². The molecule has 0 saturated heterocycles. The molecule has 1 aliphatic heterocycles. The van der Waals surface area contributed by atoms with Gasteiger partial charge in [0.15, 0.2) is 0 Å². The highest BCUT2D eigenvalue weighted by atomic mass is 16.6. The molecular weight excluding hydrogens is 348 g/mol. The molecule has 0 spiro atoms. The van der Waals surface area contributed by atoms with Crippen LogP contribution in [0.5, 0.6) is 11.5 Å². The first-order chi connectivity index (χ1) is 13.1. The summed E-state index contributed by atoms with van der Waals surface area (Å²) in [6.45, 7) is 1.94. The molecule has 1 aromatic heterocycles. The summed E-state index contributed by atoms with van der Waals surface area (Å²) >= 11 is 0. The minimum absolute atomic E-state index is 0.217. The normalized spacial score (nSPS) is 18.0. The van der Waals surface area contributed by atoms with Crippen molar-refractivity contribution >= 4 is 16.9 Å². The van der Waals surface area contributed by atoms with Crippen LogP contribution >= 0.6 is 0 Å². The molecule has 6 heteroatoms. The van der Waals surface area contributed by atoms with Crippen LogP contribution in [0.4, 0.5) is 0 Å². The first-order valence-electron chi connectivity index (χ1n) is 8.67. The topological polar surface area (TPSA) is 75.0 Å². The molecule has 6 nitrogen and oxygen atoms in total. The second-order valence-electron chi connectivity index (χ2n) is 6.17. The van der Waals surface area contributed by atoms with Crippen molar-refractivity contribution in [3.05, 3.63) is 70.1 Å². The van der Waals surface area contributed by atoms with Crippen LogP contribution in [0.3, 0.4) is 0 Å². The molecule has 0 aliphatic carbocycles. The molecule has 138 valence electrons. The third-order valence-electron chi connectivity index (χ3n) is 4.63. The number of esters is 1. The fourth-order valence-electron chi connectivity index (χ4n) is 3.46. The number of hydrogen-bond acceptors (Lipinski definition) is 6. The van der Waals surface area contributed by atoms with Crippen molar-refractivity contribution < 1.29 is 23.4 Å². The van der Waals surface area contributed by atoms with Gasteiger partial charge < -0.3 is 18.6 Å². The Bertz CT molecular complexity index is 1070. The first kappa shape index (κ1) is 17.1. The largest absolute Gasteiger partial charge is 0.497 e. The summed E-state index contributed by atoms with van der Waals surface area (Å²) in [7, 11) is 1.56. The molecular formula is C21H18O6. The number of hydrogen-bond donors (Lipinski definition) is 0. The van der Waals surface area contributed by atoms with E-state index in [0.29, 0.717) is 33.6 Å². The van der Waals surface area contributed by atoms with E-state index in [1.807, 2.05) is 12.1 Å². The van der Waals surface area contributed by atoms with E-state index in [9.17, 15) is 9.59 Å². The van der Waals surface area contributed by atoms with E-state index in [1.54, 1.807) is 50.4 Å². The Hall–Kier alpha value is -3.28. The predicted molar refractivity (Wildman–Crippen MR) is 98.4 cm³/mol. The fourth-order valence-corrected chi connectivity index (χ4v) is 3.46. The van der Waals surface area contributed by atoms with Crippen molar-refractivity contribution in [2.75, 3.05) is 13.7 Å². The van der Waals surface area contributed by atoms with Gasteiger partial charge in [-0.1, -0.05) is 24.3 Å². The van der Waals surface area contributed by atoms with Gasteiger partial charge in [0.1, 0.15) is 17.1 Å². The van der Waals surface area contributed by atoms with Crippen molar-refractivity contribution in [1.29, 1.82) is 0 Å². The van der Waals surface area contributed by atoms with Crippen LogP contribution in [0, 0.1) is 0 Å². The lowest BCUT2D eigenvalue weighted by molar-refractivity contribution is -0.151. The summed E-state index contributed by atoms with van der Waals surface area (Å²) in [5, 5.41) is 0.645. The highest BCUT2D eigenvalue weighted by Gasteiger charge is 2.45. The summed E-state index contributed by atoms with van der Waals surface area (Å²) in [5.74, 6) is -0.179. The molecule has 27 heavy (non-hydrogen) atoms. The summed E-state index contributed by atoms with van der Waals surface area (Å²) in [5.41, 5.74) is 0.923. The molecule has 0 radical (unpaired) electrons. The van der Waals surface area contributed by atoms with Crippen molar-refractivity contribution in [3.8, 4) is 11.5 Å². The SMILES string of the molecule is CCOC(=O)[C@@H]1Oc2c(c(=O)oc3ccccc23)[C@H]1c1cccc(OC)c1. The number of methoxy groups -OCH3 is 1. The van der Waals surface area contributed by atoms with Gasteiger partial charge in [-0.3, -0.25) is 0 Å². The lowest BCUT2D eigenvalue weighted by atomic mass is 9.88. The molecule has 0 bridgehead atoms. The zero-order valence-electron chi connectivity index (χ0n) is 14.9. The number of benzene rings is 2. The van der Waals surface area contributed by atoms with Crippen LogP contribution in [-0.4, -0.2) is 25.8 Å². The average Bonchev–Trinajstić information content (AvgIpc) is 3.10. The standard InChI is InChI=1S/C21H18O6/c1-3-25-21(23)19-16(12-7-6-8-13(11-12)24-2)17-18(27-19)14-9-4-5-10-15(14)26-20(17)22/h4-11,16,19H,3H2,1-2H3/t16-,19-/m1/s1. The van der Waals surface area contributed by atoms with Gasteiger partial charge in [-0.2, -0.15) is 0 Å². The van der Waals surface area contributed by atoms with Gasteiger partial charge in [-0.25, -0.2) is 9.59 Å². The van der Waals surface area contributed by atoms with Crippen LogP contribution in [0.2, 0.25) is 0 Å². The minimum atomic E-state index is -0.972. The van der Waals surface area contributed by atoms with E-state index >= 15 is 0 Å². The van der Waals surface area contributed by atoms with E-state index in [2.05, 4.69) is 0 Å². The third kappa shape index (κ3) is 2.83. The highest BCUT2D eigenvalue weighted by Crippen LogP contribution is 2.45. The quantitative estimate of drug-likeness (QED) is 0.521. The van der Waals surface area contributed by atoms with Crippen LogP contribution in [0.15, 0.2) is 57.7 Å². The minimum Gasteiger partial charge on any atom is -0.497 e. The number of para-hydroxylation sites is 1. The Morgan fingerprint density at radius 1 is 1.15 bits per heavy atom. The zero-order valence-corrected chi connectivity index (χ0v) is 14.9. The Morgan fingerprint density at radius 3 is 2.74 bits per heavy atom. The molecule has 2 aromatic carbocycles. The summed E-state index contributed by atoms with van der Waals surface area (Å²) < 4.78 is 21.9. The Kier molecular flexibility index (Phi) is 4.32. The van der Waals surface area contributed by atoms with Crippen LogP contribution < -0.4 is 15.1 Å². The summed E-state index contributed by atoms with van der Waals surface area (Å²) in [6.07, 6.45) is -0.972. The Labute approximate surface area is 155 Å². The van der Waals surface area contributed by atoms with Crippen LogP contribution in [0.25, 0.3) is 11.0 Å². The average molecular weight is 366 g/mol. The van der Waals surface area contributed by atoms with E-state index in [4.69, 9.17) is 18.6 Å². The lowest BCUT2D eigenvalue weighted by Crippen LogP contribution is -2.32. The molecule has 0 N–H and O–H groups in total. The molecule has 4 rings (SSSR count). The summed E-state index contributed by atoms with van der Waals surface area (Å²) in [6, 6.07) is 14.3. The molecule has 2 heterocycles. The monoisotopic (exact) mass is 366 g/mol. The molecule has 0 amide bonds. The fraction of sp³-hybridized carbons (Fsp3) is 0.238.